The zero-order valence-corrected chi connectivity index (χ0v) is 11.7. The van der Waals surface area contributed by atoms with Gasteiger partial charge in [0.1, 0.15) is 0 Å². The van der Waals surface area contributed by atoms with E-state index in [0.29, 0.717) is 6.04 Å². The van der Waals surface area contributed by atoms with Crippen LogP contribution in [-0.2, 0) is 0 Å². The van der Waals surface area contributed by atoms with Gasteiger partial charge in [-0.15, -0.1) is 0 Å². The van der Waals surface area contributed by atoms with Crippen LogP contribution in [0.3, 0.4) is 0 Å². The number of rotatable bonds is 2. The predicted octanol–water partition coefficient (Wildman–Crippen LogP) is 1.82. The monoisotopic (exact) mass is 251 g/mol. The van der Waals surface area contributed by atoms with Crippen LogP contribution in [0.15, 0.2) is 0 Å². The van der Waals surface area contributed by atoms with Gasteiger partial charge in [0.2, 0.25) is 0 Å². The molecule has 3 fully saturated rings. The lowest BCUT2D eigenvalue weighted by Crippen LogP contribution is -2.44. The molecular weight excluding hydrogens is 222 g/mol. The largest absolute Gasteiger partial charge is 0.328 e. The van der Waals surface area contributed by atoms with Crippen LogP contribution in [0.2, 0.25) is 0 Å². The van der Waals surface area contributed by atoms with Gasteiger partial charge in [-0.2, -0.15) is 0 Å². The summed E-state index contributed by atoms with van der Waals surface area (Å²) in [6.07, 6.45) is 10.9. The molecule has 2 saturated heterocycles. The molecule has 0 aromatic heterocycles. The van der Waals surface area contributed by atoms with Gasteiger partial charge in [0.15, 0.2) is 0 Å². The maximum Gasteiger partial charge on any atom is 0.0235 e. The summed E-state index contributed by atoms with van der Waals surface area (Å²) in [6, 6.07) is 2.20. The van der Waals surface area contributed by atoms with Crippen LogP contribution in [0, 0.1) is 0 Å². The summed E-state index contributed by atoms with van der Waals surface area (Å²) in [6.45, 7) is 5.38. The van der Waals surface area contributed by atoms with Crippen molar-refractivity contribution >= 4 is 0 Å². The lowest BCUT2D eigenvalue weighted by atomic mass is 9.91. The van der Waals surface area contributed by atoms with Gasteiger partial charge in [0.25, 0.3) is 0 Å². The Morgan fingerprint density at radius 3 is 2.11 bits per heavy atom. The second-order valence-corrected chi connectivity index (χ2v) is 6.60. The fourth-order valence-corrected chi connectivity index (χ4v) is 4.15. The molecule has 3 rings (SSSR count). The lowest BCUT2D eigenvalue weighted by molar-refractivity contribution is 0.137. The van der Waals surface area contributed by atoms with Crippen molar-refractivity contribution in [3.63, 3.8) is 0 Å². The minimum absolute atomic E-state index is 0.488. The second kappa shape index (κ2) is 5.89. The summed E-state index contributed by atoms with van der Waals surface area (Å²) in [4.78, 5) is 5.53. The molecule has 3 aliphatic rings. The highest BCUT2D eigenvalue weighted by molar-refractivity contribution is 4.90. The van der Waals surface area contributed by atoms with Gasteiger partial charge in [-0.1, -0.05) is 6.42 Å². The zero-order chi connectivity index (χ0) is 12.4. The highest BCUT2D eigenvalue weighted by atomic mass is 15.3. The van der Waals surface area contributed by atoms with Gasteiger partial charge in [-0.3, -0.25) is 9.80 Å². The number of hydrogen-bond acceptors (Lipinski definition) is 3. The summed E-state index contributed by atoms with van der Waals surface area (Å²) in [5.41, 5.74) is 6.01. The normalized spacial score (nSPS) is 40.2. The third kappa shape index (κ3) is 2.89. The number of hydrogen-bond donors (Lipinski definition) is 1. The van der Waals surface area contributed by atoms with E-state index in [4.69, 9.17) is 5.73 Å². The van der Waals surface area contributed by atoms with E-state index < -0.39 is 0 Å². The van der Waals surface area contributed by atoms with Crippen LogP contribution in [0.25, 0.3) is 0 Å². The molecule has 0 spiro atoms. The number of piperidine rings is 1. The molecule has 1 saturated carbocycles. The van der Waals surface area contributed by atoms with Crippen molar-refractivity contribution in [2.75, 3.05) is 26.2 Å². The predicted molar refractivity (Wildman–Crippen MR) is 75.6 cm³/mol. The molecule has 18 heavy (non-hydrogen) atoms. The second-order valence-electron chi connectivity index (χ2n) is 6.60. The molecule has 3 heteroatoms. The van der Waals surface area contributed by atoms with E-state index in [2.05, 4.69) is 9.80 Å². The molecule has 0 aromatic rings. The third-order valence-corrected chi connectivity index (χ3v) is 5.36. The minimum Gasteiger partial charge on any atom is -0.328 e. The molecule has 2 N–H and O–H groups in total. The molecule has 1 aliphatic carbocycles. The van der Waals surface area contributed by atoms with Crippen molar-refractivity contribution in [1.29, 1.82) is 0 Å². The lowest BCUT2D eigenvalue weighted by Gasteiger charge is -2.35. The first-order chi connectivity index (χ1) is 8.83. The molecular formula is C15H29N3. The fourth-order valence-electron chi connectivity index (χ4n) is 4.15. The van der Waals surface area contributed by atoms with Crippen LogP contribution in [-0.4, -0.2) is 54.1 Å². The molecule has 1 unspecified atom stereocenters. The van der Waals surface area contributed by atoms with E-state index in [1.165, 1.54) is 77.5 Å². The molecule has 1 atom stereocenters. The molecule has 0 aromatic carbocycles. The van der Waals surface area contributed by atoms with Crippen LogP contribution in [0.1, 0.15) is 51.4 Å². The van der Waals surface area contributed by atoms with E-state index in [0.717, 1.165) is 12.1 Å². The Bertz CT molecular complexity index is 254. The Kier molecular flexibility index (Phi) is 4.22. The van der Waals surface area contributed by atoms with Crippen molar-refractivity contribution in [2.45, 2.75) is 69.5 Å². The SMILES string of the molecule is NC1CCC(N2CCC(N3CCCCC3)C2)CC1. The summed E-state index contributed by atoms with van der Waals surface area (Å²) < 4.78 is 0. The Labute approximate surface area is 112 Å². The van der Waals surface area contributed by atoms with Crippen molar-refractivity contribution in [2.24, 2.45) is 5.73 Å². The molecule has 3 nitrogen and oxygen atoms in total. The van der Waals surface area contributed by atoms with Crippen molar-refractivity contribution in [1.82, 2.24) is 9.80 Å². The number of likely N-dealkylation sites (tertiary alicyclic amines) is 2. The Morgan fingerprint density at radius 2 is 1.39 bits per heavy atom. The summed E-state index contributed by atoms with van der Waals surface area (Å²) >= 11 is 0. The molecule has 104 valence electrons. The fraction of sp³-hybridized carbons (Fsp3) is 1.00. The first-order valence-electron chi connectivity index (χ1n) is 8.06. The van der Waals surface area contributed by atoms with Gasteiger partial charge < -0.3 is 5.73 Å². The summed E-state index contributed by atoms with van der Waals surface area (Å²) in [7, 11) is 0. The van der Waals surface area contributed by atoms with Crippen molar-refractivity contribution in [3.05, 3.63) is 0 Å². The number of nitrogens with zero attached hydrogens (tertiary/aromatic N) is 2. The molecule has 2 aliphatic heterocycles. The highest BCUT2D eigenvalue weighted by Gasteiger charge is 2.33. The topological polar surface area (TPSA) is 32.5 Å². The quantitative estimate of drug-likeness (QED) is 0.812. The Morgan fingerprint density at radius 1 is 0.667 bits per heavy atom. The van der Waals surface area contributed by atoms with Gasteiger partial charge in [-0.05, 0) is 58.0 Å². The van der Waals surface area contributed by atoms with Gasteiger partial charge in [-0.25, -0.2) is 0 Å². The first-order valence-corrected chi connectivity index (χ1v) is 8.06. The van der Waals surface area contributed by atoms with Crippen LogP contribution in [0.4, 0.5) is 0 Å². The first kappa shape index (κ1) is 12.9. The maximum atomic E-state index is 6.01. The van der Waals surface area contributed by atoms with Crippen molar-refractivity contribution < 1.29 is 0 Å². The molecule has 0 amide bonds. The Hall–Kier alpha value is -0.120. The van der Waals surface area contributed by atoms with Gasteiger partial charge in [0, 0.05) is 31.2 Å². The zero-order valence-electron chi connectivity index (χ0n) is 11.7. The smallest absolute Gasteiger partial charge is 0.0235 e. The van der Waals surface area contributed by atoms with E-state index in [1.807, 2.05) is 0 Å². The molecule has 0 radical (unpaired) electrons. The van der Waals surface area contributed by atoms with E-state index in [-0.39, 0.29) is 0 Å². The average molecular weight is 251 g/mol. The van der Waals surface area contributed by atoms with E-state index in [1.54, 1.807) is 0 Å². The van der Waals surface area contributed by atoms with Gasteiger partial charge in [0.05, 0.1) is 0 Å². The van der Waals surface area contributed by atoms with Crippen LogP contribution in [0.5, 0.6) is 0 Å². The summed E-state index contributed by atoms with van der Waals surface area (Å²) in [5.74, 6) is 0. The van der Waals surface area contributed by atoms with Gasteiger partial charge >= 0.3 is 0 Å². The Balaban J connectivity index is 1.48. The highest BCUT2D eigenvalue weighted by Crippen LogP contribution is 2.27. The third-order valence-electron chi connectivity index (χ3n) is 5.36. The van der Waals surface area contributed by atoms with E-state index >= 15 is 0 Å². The van der Waals surface area contributed by atoms with Crippen LogP contribution >= 0.6 is 0 Å². The average Bonchev–Trinajstić information content (AvgIpc) is 2.90. The maximum absolute atomic E-state index is 6.01. The van der Waals surface area contributed by atoms with Crippen molar-refractivity contribution in [3.8, 4) is 0 Å². The molecule has 2 heterocycles. The standard InChI is InChI=1S/C15H29N3/c16-13-4-6-14(7-5-13)18-11-8-15(12-18)17-9-2-1-3-10-17/h13-15H,1-12,16H2. The number of nitrogens with two attached hydrogens (primary N) is 1. The van der Waals surface area contributed by atoms with Crippen LogP contribution < -0.4 is 5.73 Å². The summed E-state index contributed by atoms with van der Waals surface area (Å²) in [5, 5.41) is 0. The van der Waals surface area contributed by atoms with E-state index in [9.17, 15) is 0 Å². The minimum atomic E-state index is 0.488. The molecule has 0 bridgehead atoms.